The van der Waals surface area contributed by atoms with Gasteiger partial charge in [0, 0.05) is 26.2 Å². The molecule has 0 atom stereocenters. The van der Waals surface area contributed by atoms with Crippen molar-refractivity contribution in [3.8, 4) is 0 Å². The first-order chi connectivity index (χ1) is 12.7. The summed E-state index contributed by atoms with van der Waals surface area (Å²) in [6.07, 6.45) is 1.06. The van der Waals surface area contributed by atoms with Gasteiger partial charge in [-0.05, 0) is 37.2 Å². The zero-order valence-corrected chi connectivity index (χ0v) is 19.2. The second-order valence-electron chi connectivity index (χ2n) is 6.67. The molecule has 0 aromatic heterocycles. The van der Waals surface area contributed by atoms with Crippen LogP contribution in [0.15, 0.2) is 29.3 Å². The Labute approximate surface area is 181 Å². The van der Waals surface area contributed by atoms with Crippen molar-refractivity contribution in [3.05, 3.63) is 35.4 Å². The van der Waals surface area contributed by atoms with E-state index < -0.39 is 0 Å². The first-order valence-electron chi connectivity index (χ1n) is 9.86. The van der Waals surface area contributed by atoms with E-state index in [2.05, 4.69) is 58.2 Å². The number of nitrogens with one attached hydrogen (secondary N) is 1. The first kappa shape index (κ1) is 24.1. The number of nitrogens with zero attached hydrogens (tertiary/aromatic N) is 3. The number of aliphatic imine (C=N–C) groups is 1. The van der Waals surface area contributed by atoms with Gasteiger partial charge in [-0.15, -0.1) is 24.0 Å². The van der Waals surface area contributed by atoms with Crippen LogP contribution in [0.2, 0.25) is 0 Å². The molecule has 0 saturated carbocycles. The molecule has 0 amide bonds. The number of nitrogens with two attached hydrogens (primary N) is 1. The molecule has 1 heterocycles. The Hall–Kier alpha value is -0.900. The molecule has 6 nitrogen and oxygen atoms in total. The van der Waals surface area contributed by atoms with Crippen LogP contribution in [0.1, 0.15) is 31.4 Å². The molecule has 0 bridgehead atoms. The predicted molar refractivity (Wildman–Crippen MR) is 124 cm³/mol. The molecule has 154 valence electrons. The lowest BCUT2D eigenvalue weighted by Gasteiger charge is -2.26. The number of guanidine groups is 1. The molecule has 0 radical (unpaired) electrons. The average molecular weight is 489 g/mol. The third kappa shape index (κ3) is 9.23. The van der Waals surface area contributed by atoms with E-state index in [9.17, 15) is 0 Å². The minimum atomic E-state index is 0. The number of rotatable bonds is 10. The van der Waals surface area contributed by atoms with Crippen LogP contribution in [0.25, 0.3) is 0 Å². The minimum absolute atomic E-state index is 0. The van der Waals surface area contributed by atoms with Crippen LogP contribution in [0.3, 0.4) is 0 Å². The largest absolute Gasteiger partial charge is 0.379 e. The van der Waals surface area contributed by atoms with Gasteiger partial charge in [-0.2, -0.15) is 0 Å². The molecule has 0 spiro atoms. The fraction of sp³-hybridized carbons (Fsp3) is 0.650. The lowest BCUT2D eigenvalue weighted by Crippen LogP contribution is -2.39. The zero-order valence-electron chi connectivity index (χ0n) is 16.8. The van der Waals surface area contributed by atoms with Gasteiger partial charge in [0.2, 0.25) is 0 Å². The second kappa shape index (κ2) is 14.1. The highest BCUT2D eigenvalue weighted by molar-refractivity contribution is 14.0. The number of morpholine rings is 1. The number of halogens is 1. The quantitative estimate of drug-likeness (QED) is 0.229. The van der Waals surface area contributed by atoms with E-state index in [1.54, 1.807) is 0 Å². The minimum Gasteiger partial charge on any atom is -0.379 e. The van der Waals surface area contributed by atoms with Crippen LogP contribution in [-0.4, -0.2) is 68.2 Å². The lowest BCUT2D eigenvalue weighted by atomic mass is 10.1. The van der Waals surface area contributed by atoms with Crippen molar-refractivity contribution in [2.75, 3.05) is 52.5 Å². The fourth-order valence-electron chi connectivity index (χ4n) is 3.12. The molecule has 1 aliphatic heterocycles. The van der Waals surface area contributed by atoms with Crippen LogP contribution in [0.4, 0.5) is 0 Å². The van der Waals surface area contributed by atoms with Crippen LogP contribution >= 0.6 is 24.0 Å². The van der Waals surface area contributed by atoms with Crippen LogP contribution in [0.5, 0.6) is 0 Å². The molecular weight excluding hydrogens is 453 g/mol. The smallest absolute Gasteiger partial charge is 0.188 e. The Morgan fingerprint density at radius 1 is 1.19 bits per heavy atom. The Balaban J connectivity index is 0.00000364. The topological polar surface area (TPSA) is 66.1 Å². The van der Waals surface area contributed by atoms with E-state index in [4.69, 9.17) is 10.5 Å². The highest BCUT2D eigenvalue weighted by Gasteiger charge is 2.09. The van der Waals surface area contributed by atoms with Gasteiger partial charge in [0.1, 0.15) is 0 Å². The molecule has 7 heteroatoms. The van der Waals surface area contributed by atoms with Gasteiger partial charge in [-0.3, -0.25) is 9.80 Å². The Bertz CT molecular complexity index is 545. The van der Waals surface area contributed by atoms with Gasteiger partial charge >= 0.3 is 0 Å². The molecule has 1 aromatic rings. The fourth-order valence-corrected chi connectivity index (χ4v) is 3.12. The molecule has 1 aliphatic rings. The summed E-state index contributed by atoms with van der Waals surface area (Å²) in [6.45, 7) is 13.8. The molecule has 0 aliphatic carbocycles. The molecule has 1 fully saturated rings. The van der Waals surface area contributed by atoms with Crippen LogP contribution < -0.4 is 11.1 Å². The summed E-state index contributed by atoms with van der Waals surface area (Å²) in [5.74, 6) is 0.532. The van der Waals surface area contributed by atoms with E-state index in [0.717, 1.165) is 65.4 Å². The SMILES string of the molecule is CCN(CC)Cc1ccccc1CN=C(N)NCCCN1CCOCC1.I. The summed E-state index contributed by atoms with van der Waals surface area (Å²) in [5.41, 5.74) is 8.62. The standard InChI is InChI=1S/C20H35N5O.HI/c1-3-24(4-2)17-19-9-6-5-8-18(19)16-23-20(21)22-10-7-11-25-12-14-26-15-13-25;/h5-6,8-9H,3-4,7,10-17H2,1-2H3,(H3,21,22,23);1H. The van der Waals surface area contributed by atoms with Crippen molar-refractivity contribution >= 4 is 29.9 Å². The van der Waals surface area contributed by atoms with E-state index in [1.165, 1.54) is 11.1 Å². The number of hydrogen-bond donors (Lipinski definition) is 2. The van der Waals surface area contributed by atoms with E-state index in [0.29, 0.717) is 12.5 Å². The van der Waals surface area contributed by atoms with Gasteiger partial charge in [-0.25, -0.2) is 4.99 Å². The maximum atomic E-state index is 6.04. The third-order valence-electron chi connectivity index (χ3n) is 4.89. The number of hydrogen-bond acceptors (Lipinski definition) is 4. The molecule has 1 aromatic carbocycles. The molecule has 3 N–H and O–H groups in total. The molecule has 27 heavy (non-hydrogen) atoms. The van der Waals surface area contributed by atoms with Crippen molar-refractivity contribution in [3.63, 3.8) is 0 Å². The van der Waals surface area contributed by atoms with E-state index in [-0.39, 0.29) is 24.0 Å². The van der Waals surface area contributed by atoms with Crippen molar-refractivity contribution in [2.24, 2.45) is 10.7 Å². The van der Waals surface area contributed by atoms with Crippen LogP contribution in [0, 0.1) is 0 Å². The number of benzene rings is 1. The van der Waals surface area contributed by atoms with Gasteiger partial charge in [0.25, 0.3) is 0 Å². The molecule has 2 rings (SSSR count). The maximum Gasteiger partial charge on any atom is 0.188 e. The first-order valence-corrected chi connectivity index (χ1v) is 9.86. The Kier molecular flexibility index (Phi) is 12.6. The predicted octanol–water partition coefficient (Wildman–Crippen LogP) is 2.27. The number of ether oxygens (including phenoxy) is 1. The monoisotopic (exact) mass is 489 g/mol. The highest BCUT2D eigenvalue weighted by atomic mass is 127. The van der Waals surface area contributed by atoms with Crippen molar-refractivity contribution in [1.82, 2.24) is 15.1 Å². The highest BCUT2D eigenvalue weighted by Crippen LogP contribution is 2.13. The van der Waals surface area contributed by atoms with Crippen molar-refractivity contribution in [2.45, 2.75) is 33.4 Å². The van der Waals surface area contributed by atoms with Gasteiger partial charge in [-0.1, -0.05) is 38.1 Å². The second-order valence-corrected chi connectivity index (χ2v) is 6.67. The lowest BCUT2D eigenvalue weighted by molar-refractivity contribution is 0.0376. The Morgan fingerprint density at radius 3 is 2.52 bits per heavy atom. The molecular formula is C20H36IN5O. The summed E-state index contributed by atoms with van der Waals surface area (Å²) in [6, 6.07) is 8.50. The maximum absolute atomic E-state index is 6.04. The summed E-state index contributed by atoms with van der Waals surface area (Å²) in [7, 11) is 0. The van der Waals surface area contributed by atoms with Crippen LogP contribution in [-0.2, 0) is 17.8 Å². The van der Waals surface area contributed by atoms with Crippen molar-refractivity contribution < 1.29 is 4.74 Å². The summed E-state index contributed by atoms with van der Waals surface area (Å²) in [5, 5.41) is 3.23. The van der Waals surface area contributed by atoms with Gasteiger partial charge < -0.3 is 15.8 Å². The van der Waals surface area contributed by atoms with Gasteiger partial charge in [0.05, 0.1) is 19.8 Å². The molecule has 0 unspecified atom stereocenters. The van der Waals surface area contributed by atoms with E-state index >= 15 is 0 Å². The summed E-state index contributed by atoms with van der Waals surface area (Å²) < 4.78 is 5.37. The van der Waals surface area contributed by atoms with E-state index in [1.807, 2.05) is 0 Å². The zero-order chi connectivity index (χ0) is 18.6. The van der Waals surface area contributed by atoms with Crippen molar-refractivity contribution in [1.29, 1.82) is 0 Å². The third-order valence-corrected chi connectivity index (χ3v) is 4.89. The Morgan fingerprint density at radius 2 is 1.85 bits per heavy atom. The average Bonchev–Trinajstić information content (AvgIpc) is 2.69. The molecule has 1 saturated heterocycles. The summed E-state index contributed by atoms with van der Waals surface area (Å²) >= 11 is 0. The normalized spacial score (nSPS) is 15.6. The van der Waals surface area contributed by atoms with Gasteiger partial charge in [0.15, 0.2) is 5.96 Å². The summed E-state index contributed by atoms with van der Waals surface area (Å²) in [4.78, 5) is 9.37.